The van der Waals surface area contributed by atoms with Gasteiger partial charge in [0.05, 0.1) is 11.1 Å². The fraction of sp³-hybridized carbons (Fsp3) is 0.222. The molecule has 3 rings (SSSR count). The van der Waals surface area contributed by atoms with Crippen molar-refractivity contribution in [3.8, 4) is 22.8 Å². The first-order valence-corrected chi connectivity index (χ1v) is 9.08. The van der Waals surface area contributed by atoms with Gasteiger partial charge in [-0.2, -0.15) is 26.3 Å². The first-order valence-electron chi connectivity index (χ1n) is 7.85. The van der Waals surface area contributed by atoms with Gasteiger partial charge in [0, 0.05) is 23.1 Å². The largest absolute Gasteiger partial charge is 0.417 e. The number of hydrogen-bond acceptors (Lipinski definition) is 3. The molecule has 0 amide bonds. The molecule has 10 heteroatoms. The number of halogens is 6. The Hall–Kier alpha value is -2.49. The van der Waals surface area contributed by atoms with Crippen LogP contribution in [-0.4, -0.2) is 21.0 Å². The molecule has 0 N–H and O–H groups in total. The topological polar surface area (TPSA) is 30.7 Å². The molecule has 3 nitrogen and oxygen atoms in total. The van der Waals surface area contributed by atoms with Gasteiger partial charge >= 0.3 is 12.4 Å². The smallest absolute Gasteiger partial charge is 0.310 e. The SMILES string of the molecule is CSc1ccc(-c2nnc(-c3ccccc3C(F)(F)F)n2C)c(C(F)(F)F)c1. The van der Waals surface area contributed by atoms with Gasteiger partial charge in [0.1, 0.15) is 0 Å². The molecular weight excluding hydrogens is 404 g/mol. The quantitative estimate of drug-likeness (QED) is 0.392. The van der Waals surface area contributed by atoms with Crippen molar-refractivity contribution in [1.82, 2.24) is 14.8 Å². The van der Waals surface area contributed by atoms with Gasteiger partial charge in [-0.05, 0) is 30.5 Å². The summed E-state index contributed by atoms with van der Waals surface area (Å²) in [5, 5.41) is 7.50. The second-order valence-corrected chi connectivity index (χ2v) is 6.74. The molecule has 28 heavy (non-hydrogen) atoms. The summed E-state index contributed by atoms with van der Waals surface area (Å²) in [7, 11) is 1.33. The van der Waals surface area contributed by atoms with Gasteiger partial charge < -0.3 is 4.57 Å². The lowest BCUT2D eigenvalue weighted by Crippen LogP contribution is -2.10. The third-order valence-electron chi connectivity index (χ3n) is 4.12. The summed E-state index contributed by atoms with van der Waals surface area (Å²) in [5.74, 6) is -0.350. The zero-order valence-electron chi connectivity index (χ0n) is 14.6. The average molecular weight is 417 g/mol. The summed E-state index contributed by atoms with van der Waals surface area (Å²) in [4.78, 5) is 0.404. The monoisotopic (exact) mass is 417 g/mol. The Bertz CT molecular complexity index is 1010. The summed E-state index contributed by atoms with van der Waals surface area (Å²) in [6.45, 7) is 0. The maximum atomic E-state index is 13.5. The molecule has 1 heterocycles. The van der Waals surface area contributed by atoms with Crippen molar-refractivity contribution >= 4 is 11.8 Å². The highest BCUT2D eigenvalue weighted by Gasteiger charge is 2.37. The van der Waals surface area contributed by atoms with Crippen LogP contribution in [0.5, 0.6) is 0 Å². The van der Waals surface area contributed by atoms with Crippen molar-refractivity contribution in [2.45, 2.75) is 17.2 Å². The maximum Gasteiger partial charge on any atom is 0.417 e. The third-order valence-corrected chi connectivity index (χ3v) is 4.85. The van der Waals surface area contributed by atoms with E-state index >= 15 is 0 Å². The van der Waals surface area contributed by atoms with E-state index in [2.05, 4.69) is 10.2 Å². The summed E-state index contributed by atoms with van der Waals surface area (Å²) >= 11 is 1.15. The Kier molecular flexibility index (Phi) is 5.18. The molecule has 148 valence electrons. The van der Waals surface area contributed by atoms with Crippen LogP contribution in [0.4, 0.5) is 26.3 Å². The minimum Gasteiger partial charge on any atom is -0.310 e. The van der Waals surface area contributed by atoms with E-state index < -0.39 is 23.5 Å². The van der Waals surface area contributed by atoms with E-state index in [-0.39, 0.29) is 22.8 Å². The molecule has 0 saturated heterocycles. The van der Waals surface area contributed by atoms with Gasteiger partial charge in [-0.1, -0.05) is 18.2 Å². The minimum atomic E-state index is -4.66. The van der Waals surface area contributed by atoms with E-state index in [1.165, 1.54) is 37.4 Å². The fourth-order valence-electron chi connectivity index (χ4n) is 2.80. The van der Waals surface area contributed by atoms with E-state index in [1.54, 1.807) is 6.26 Å². The van der Waals surface area contributed by atoms with Gasteiger partial charge in [-0.15, -0.1) is 22.0 Å². The van der Waals surface area contributed by atoms with Crippen LogP contribution in [0.1, 0.15) is 11.1 Å². The Balaban J connectivity index is 2.20. The molecule has 0 atom stereocenters. The van der Waals surface area contributed by atoms with E-state index in [9.17, 15) is 26.3 Å². The molecule has 1 aromatic heterocycles. The standard InChI is InChI=1S/C18H13F6N3S/c1-27-15(11-5-3-4-6-13(11)17(19,20)21)25-26-16(27)12-8-7-10(28-2)9-14(12)18(22,23)24/h3-9H,1-2H3. The average Bonchev–Trinajstić information content (AvgIpc) is 3.01. The minimum absolute atomic E-state index is 0.174. The lowest BCUT2D eigenvalue weighted by molar-refractivity contribution is -0.138. The summed E-state index contributed by atoms with van der Waals surface area (Å²) in [6, 6.07) is 8.44. The molecule has 0 fully saturated rings. The zero-order valence-corrected chi connectivity index (χ0v) is 15.4. The van der Waals surface area contributed by atoms with Gasteiger partial charge in [0.2, 0.25) is 0 Å². The van der Waals surface area contributed by atoms with Crippen LogP contribution >= 0.6 is 11.8 Å². The Morgan fingerprint density at radius 2 is 1.32 bits per heavy atom. The number of benzene rings is 2. The molecule has 0 aliphatic heterocycles. The Labute approximate surface area is 160 Å². The predicted octanol–water partition coefficient (Wildman–Crippen LogP) is 5.91. The van der Waals surface area contributed by atoms with Crippen LogP contribution in [0.25, 0.3) is 22.8 Å². The molecular formula is C18H13F6N3S. The maximum absolute atomic E-state index is 13.5. The zero-order chi connectivity index (χ0) is 20.7. The Morgan fingerprint density at radius 3 is 1.86 bits per heavy atom. The van der Waals surface area contributed by atoms with Gasteiger partial charge in [-0.25, -0.2) is 0 Å². The molecule has 0 aliphatic carbocycles. The number of thioether (sulfide) groups is 1. The highest BCUT2D eigenvalue weighted by atomic mass is 32.2. The molecule has 0 bridgehead atoms. The van der Waals surface area contributed by atoms with Gasteiger partial charge in [-0.3, -0.25) is 0 Å². The predicted molar refractivity (Wildman–Crippen MR) is 93.7 cm³/mol. The fourth-order valence-corrected chi connectivity index (χ4v) is 3.24. The van der Waals surface area contributed by atoms with Crippen molar-refractivity contribution in [3.05, 3.63) is 53.6 Å². The van der Waals surface area contributed by atoms with Crippen LogP contribution in [0.2, 0.25) is 0 Å². The molecule has 0 radical (unpaired) electrons. The van der Waals surface area contributed by atoms with Crippen molar-refractivity contribution < 1.29 is 26.3 Å². The lowest BCUT2D eigenvalue weighted by atomic mass is 10.1. The summed E-state index contributed by atoms with van der Waals surface area (Å²) in [6.07, 6.45) is -7.65. The van der Waals surface area contributed by atoms with Crippen LogP contribution in [0.3, 0.4) is 0 Å². The number of aromatic nitrogens is 3. The molecule has 0 aliphatic rings. The summed E-state index contributed by atoms with van der Waals surface area (Å²) in [5.41, 5.74) is -2.38. The van der Waals surface area contributed by atoms with Crippen molar-refractivity contribution in [1.29, 1.82) is 0 Å². The van der Waals surface area contributed by atoms with E-state index in [0.29, 0.717) is 4.90 Å². The van der Waals surface area contributed by atoms with Crippen LogP contribution in [0, 0.1) is 0 Å². The van der Waals surface area contributed by atoms with Crippen molar-refractivity contribution in [2.24, 2.45) is 7.05 Å². The van der Waals surface area contributed by atoms with Gasteiger partial charge in [0.25, 0.3) is 0 Å². The molecule has 2 aromatic carbocycles. The van der Waals surface area contributed by atoms with Crippen molar-refractivity contribution in [3.63, 3.8) is 0 Å². The second-order valence-electron chi connectivity index (χ2n) is 5.86. The first-order chi connectivity index (χ1) is 13.0. The normalized spacial score (nSPS) is 12.4. The molecule has 0 unspecified atom stereocenters. The third kappa shape index (κ3) is 3.73. The first kappa shape index (κ1) is 20.2. The van der Waals surface area contributed by atoms with E-state index in [0.717, 1.165) is 28.5 Å². The number of hydrogen-bond donors (Lipinski definition) is 0. The van der Waals surface area contributed by atoms with Crippen molar-refractivity contribution in [2.75, 3.05) is 6.26 Å². The van der Waals surface area contributed by atoms with E-state index in [1.807, 2.05) is 0 Å². The van der Waals surface area contributed by atoms with E-state index in [4.69, 9.17) is 0 Å². The lowest BCUT2D eigenvalue weighted by Gasteiger charge is -2.15. The van der Waals surface area contributed by atoms with Crippen LogP contribution in [0.15, 0.2) is 47.4 Å². The summed E-state index contributed by atoms with van der Waals surface area (Å²) < 4.78 is 81.6. The number of rotatable bonds is 3. The Morgan fingerprint density at radius 1 is 0.786 bits per heavy atom. The molecule has 0 saturated carbocycles. The second kappa shape index (κ2) is 7.16. The van der Waals surface area contributed by atoms with Crippen LogP contribution < -0.4 is 0 Å². The highest BCUT2D eigenvalue weighted by Crippen LogP contribution is 2.40. The van der Waals surface area contributed by atoms with Gasteiger partial charge in [0.15, 0.2) is 11.6 Å². The molecule has 3 aromatic rings. The highest BCUT2D eigenvalue weighted by molar-refractivity contribution is 7.98. The molecule has 0 spiro atoms. The number of alkyl halides is 6. The van der Waals surface area contributed by atoms with Crippen LogP contribution in [-0.2, 0) is 19.4 Å². The number of nitrogens with zero attached hydrogens (tertiary/aromatic N) is 3.